The summed E-state index contributed by atoms with van der Waals surface area (Å²) in [5.41, 5.74) is 0.689. The highest BCUT2D eigenvalue weighted by Gasteiger charge is 2.35. The molecule has 2 atom stereocenters. The smallest absolute Gasteiger partial charge is 0.298 e. The van der Waals surface area contributed by atoms with E-state index >= 15 is 4.39 Å². The number of alkyl halides is 2. The Morgan fingerprint density at radius 2 is 2.16 bits per heavy atom. The third kappa shape index (κ3) is 4.70. The summed E-state index contributed by atoms with van der Waals surface area (Å²) in [7, 11) is 0. The molecule has 2 aliphatic heterocycles. The number of hydrogen-bond donors (Lipinski definition) is 2. The fourth-order valence-electron chi connectivity index (χ4n) is 5.07. The highest BCUT2D eigenvalue weighted by atomic mass is 19.3. The number of amides is 1. The molecule has 1 aromatic heterocycles. The fourth-order valence-corrected chi connectivity index (χ4v) is 5.07. The van der Waals surface area contributed by atoms with Crippen molar-refractivity contribution in [2.75, 3.05) is 31.6 Å². The van der Waals surface area contributed by atoms with Gasteiger partial charge in [0, 0.05) is 42.8 Å². The van der Waals surface area contributed by atoms with Crippen molar-refractivity contribution >= 4 is 22.6 Å². The second-order valence-corrected chi connectivity index (χ2v) is 9.73. The number of anilines is 1. The Balaban J connectivity index is 1.52. The lowest BCUT2D eigenvalue weighted by Gasteiger charge is -2.22. The Labute approximate surface area is 217 Å². The Kier molecular flexibility index (Phi) is 6.81. The number of nitrogens with zero attached hydrogens (tertiary/aromatic N) is 3. The van der Waals surface area contributed by atoms with Crippen molar-refractivity contribution in [2.24, 2.45) is 0 Å². The molecular formula is C27H29F3N4O4. The number of carbonyl (C=O) groups excluding carboxylic acids is 1. The van der Waals surface area contributed by atoms with Crippen molar-refractivity contribution in [3.63, 3.8) is 0 Å². The molecule has 0 saturated carbocycles. The number of likely N-dealkylation sites (tertiary alicyclic amines) is 1. The van der Waals surface area contributed by atoms with Gasteiger partial charge in [0.05, 0.1) is 30.3 Å². The highest BCUT2D eigenvalue weighted by molar-refractivity contribution is 5.95. The van der Waals surface area contributed by atoms with Gasteiger partial charge in [0.15, 0.2) is 11.5 Å². The fraction of sp³-hybridized carbons (Fsp3) is 0.444. The lowest BCUT2D eigenvalue weighted by Crippen LogP contribution is -2.28. The molecule has 0 spiro atoms. The lowest BCUT2D eigenvalue weighted by atomic mass is 10.00. The quantitative estimate of drug-likeness (QED) is 0.471. The summed E-state index contributed by atoms with van der Waals surface area (Å²) in [4.78, 5) is 22.7. The molecule has 0 bridgehead atoms. The van der Waals surface area contributed by atoms with Crippen LogP contribution in [-0.2, 0) is 17.1 Å². The van der Waals surface area contributed by atoms with Gasteiger partial charge in [0.2, 0.25) is 5.91 Å². The van der Waals surface area contributed by atoms with Crippen LogP contribution in [0, 0.1) is 12.7 Å². The second-order valence-electron chi connectivity index (χ2n) is 9.73. The molecule has 11 heteroatoms. The molecule has 1 amide bonds. The zero-order valence-electron chi connectivity index (χ0n) is 21.4. The molecular weight excluding hydrogens is 501 g/mol. The van der Waals surface area contributed by atoms with Gasteiger partial charge >= 0.3 is 0 Å². The van der Waals surface area contributed by atoms with E-state index in [0.29, 0.717) is 66.6 Å². The molecule has 3 heterocycles. The summed E-state index contributed by atoms with van der Waals surface area (Å²) in [6, 6.07) is 4.75. The number of benzene rings is 2. The number of aryl methyl sites for hydroxylation is 1. The van der Waals surface area contributed by atoms with Crippen molar-refractivity contribution in [3.8, 4) is 11.5 Å². The number of aliphatic hydroxyl groups excluding tert-OH is 1. The van der Waals surface area contributed by atoms with Crippen LogP contribution in [0.15, 0.2) is 24.3 Å². The summed E-state index contributed by atoms with van der Waals surface area (Å²) in [6.45, 7) is 4.97. The van der Waals surface area contributed by atoms with E-state index in [0.717, 1.165) is 11.6 Å². The molecule has 3 aromatic rings. The van der Waals surface area contributed by atoms with Gasteiger partial charge in [0.25, 0.3) is 5.92 Å². The standard InChI is InChI=1S/C27H29F3N4O4/c1-14(18-5-4-6-21(23(18)28)27(29,30)13-35)31-26-20-11-22(38-17-7-9-34(12-17)16(3)36)25-19(8-10-37-25)24(20)32-15(2)33-26/h4-6,11,14,17,35H,7-10,12-13H2,1-3H3,(H,31,32,33)/t14-,17+/m1/s1. The molecule has 5 rings (SSSR count). The highest BCUT2D eigenvalue weighted by Crippen LogP contribution is 2.43. The summed E-state index contributed by atoms with van der Waals surface area (Å²) in [6.07, 6.45) is 1.11. The first-order chi connectivity index (χ1) is 18.1. The molecule has 1 saturated heterocycles. The maximum Gasteiger partial charge on any atom is 0.298 e. The maximum absolute atomic E-state index is 15.1. The van der Waals surface area contributed by atoms with Gasteiger partial charge < -0.3 is 24.8 Å². The van der Waals surface area contributed by atoms with E-state index in [-0.39, 0.29) is 17.6 Å². The lowest BCUT2D eigenvalue weighted by molar-refractivity contribution is -0.128. The average molecular weight is 531 g/mol. The third-order valence-corrected chi connectivity index (χ3v) is 7.04. The minimum atomic E-state index is -3.71. The maximum atomic E-state index is 15.1. The zero-order valence-corrected chi connectivity index (χ0v) is 21.4. The second kappa shape index (κ2) is 9.94. The first-order valence-corrected chi connectivity index (χ1v) is 12.5. The molecule has 0 aliphatic carbocycles. The van der Waals surface area contributed by atoms with Crippen molar-refractivity contribution in [2.45, 2.75) is 51.7 Å². The predicted octanol–water partition coefficient (Wildman–Crippen LogP) is 4.27. The van der Waals surface area contributed by atoms with Crippen molar-refractivity contribution in [1.29, 1.82) is 0 Å². The molecule has 2 aliphatic rings. The molecule has 2 N–H and O–H groups in total. The summed E-state index contributed by atoms with van der Waals surface area (Å²) >= 11 is 0. The van der Waals surface area contributed by atoms with E-state index < -0.39 is 30.0 Å². The van der Waals surface area contributed by atoms with Crippen molar-refractivity contribution in [3.05, 3.63) is 52.6 Å². The largest absolute Gasteiger partial charge is 0.489 e. The number of nitrogens with one attached hydrogen (secondary N) is 1. The van der Waals surface area contributed by atoms with E-state index in [1.165, 1.54) is 19.1 Å². The normalized spacial score (nSPS) is 17.9. The molecule has 2 aromatic carbocycles. The molecule has 0 radical (unpaired) electrons. The van der Waals surface area contributed by atoms with Gasteiger partial charge in [-0.05, 0) is 26.0 Å². The Morgan fingerprint density at radius 1 is 1.37 bits per heavy atom. The SMILES string of the molecule is CC(=O)N1CC[C@H](Oc2cc3c(N[C@H](C)c4cccc(C(F)(F)CO)c4F)nc(C)nc3c3c2OCC3)C1. The van der Waals surface area contributed by atoms with E-state index in [4.69, 9.17) is 14.6 Å². The number of carbonyl (C=O) groups is 1. The Hall–Kier alpha value is -3.60. The topological polar surface area (TPSA) is 96.8 Å². The summed E-state index contributed by atoms with van der Waals surface area (Å²) in [5.74, 6) is -2.80. The molecule has 0 unspecified atom stereocenters. The first kappa shape index (κ1) is 26.0. The van der Waals surface area contributed by atoms with Gasteiger partial charge in [0.1, 0.15) is 30.2 Å². The van der Waals surface area contributed by atoms with Gasteiger partial charge in [-0.3, -0.25) is 4.79 Å². The number of rotatable bonds is 7. The van der Waals surface area contributed by atoms with Gasteiger partial charge in [-0.2, -0.15) is 8.78 Å². The van der Waals surface area contributed by atoms with Crippen LogP contribution >= 0.6 is 0 Å². The monoisotopic (exact) mass is 530 g/mol. The first-order valence-electron chi connectivity index (χ1n) is 12.5. The molecule has 1 fully saturated rings. The van der Waals surface area contributed by atoms with Crippen molar-refractivity contribution < 1.29 is 32.5 Å². The Morgan fingerprint density at radius 3 is 2.87 bits per heavy atom. The number of aliphatic hydroxyl groups is 1. The van der Waals surface area contributed by atoms with E-state index in [2.05, 4.69) is 15.3 Å². The minimum Gasteiger partial charge on any atom is -0.489 e. The Bertz CT molecular complexity index is 1400. The van der Waals surface area contributed by atoms with Crippen LogP contribution in [0.5, 0.6) is 11.5 Å². The van der Waals surface area contributed by atoms with E-state index in [1.54, 1.807) is 24.8 Å². The van der Waals surface area contributed by atoms with Crippen LogP contribution in [0.2, 0.25) is 0 Å². The summed E-state index contributed by atoms with van der Waals surface area (Å²) in [5, 5.41) is 12.8. The number of ether oxygens (including phenoxy) is 2. The van der Waals surface area contributed by atoms with Gasteiger partial charge in [-0.25, -0.2) is 14.4 Å². The van der Waals surface area contributed by atoms with E-state index in [1.807, 2.05) is 0 Å². The van der Waals surface area contributed by atoms with Crippen LogP contribution in [0.4, 0.5) is 19.0 Å². The third-order valence-electron chi connectivity index (χ3n) is 7.04. The number of aromatic nitrogens is 2. The predicted molar refractivity (Wildman–Crippen MR) is 134 cm³/mol. The number of halogens is 3. The number of fused-ring (bicyclic) bond motifs is 3. The molecule has 8 nitrogen and oxygen atoms in total. The molecule has 38 heavy (non-hydrogen) atoms. The zero-order chi connectivity index (χ0) is 27.2. The van der Waals surface area contributed by atoms with E-state index in [9.17, 15) is 13.6 Å². The van der Waals surface area contributed by atoms with Gasteiger partial charge in [-0.15, -0.1) is 0 Å². The van der Waals surface area contributed by atoms with Crippen molar-refractivity contribution in [1.82, 2.24) is 14.9 Å². The average Bonchev–Trinajstić information content (AvgIpc) is 3.55. The molecule has 202 valence electrons. The van der Waals surface area contributed by atoms with Crippen LogP contribution in [0.3, 0.4) is 0 Å². The van der Waals surface area contributed by atoms with Crippen LogP contribution in [0.25, 0.3) is 10.9 Å². The van der Waals surface area contributed by atoms with Crippen LogP contribution in [0.1, 0.15) is 48.8 Å². The summed E-state index contributed by atoms with van der Waals surface area (Å²) < 4.78 is 55.5. The van der Waals surface area contributed by atoms with Gasteiger partial charge in [-0.1, -0.05) is 12.1 Å². The van der Waals surface area contributed by atoms with Crippen LogP contribution < -0.4 is 14.8 Å². The van der Waals surface area contributed by atoms with Crippen LogP contribution in [-0.4, -0.2) is 58.3 Å². The minimum absolute atomic E-state index is 0.00603. The number of hydrogen-bond acceptors (Lipinski definition) is 7.